The number of nitrogens with zero attached hydrogens (tertiary/aromatic N) is 1. The average Bonchev–Trinajstić information content (AvgIpc) is 2.55. The van der Waals surface area contributed by atoms with Crippen molar-refractivity contribution < 1.29 is 19.0 Å². The van der Waals surface area contributed by atoms with Gasteiger partial charge in [-0.05, 0) is 30.2 Å². The standard InChI is InChI=1S/C17H19NO4/c1-4-8-21-15-7-6-13(11-16(15)20-3)10-14(12-18)17(19)22-9-5-2/h5-7,10-11H,2,4,8-9H2,1,3H3/b14-10-. The molecule has 0 unspecified atom stereocenters. The van der Waals surface area contributed by atoms with E-state index in [0.717, 1.165) is 6.42 Å². The summed E-state index contributed by atoms with van der Waals surface area (Å²) in [5.41, 5.74) is 0.555. The number of rotatable bonds is 8. The molecule has 0 amide bonds. The summed E-state index contributed by atoms with van der Waals surface area (Å²) in [6.45, 7) is 6.11. The fraction of sp³-hybridized carbons (Fsp3) is 0.294. The van der Waals surface area contributed by atoms with Crippen LogP contribution in [0.1, 0.15) is 18.9 Å². The van der Waals surface area contributed by atoms with Gasteiger partial charge in [-0.2, -0.15) is 5.26 Å². The molecule has 0 aliphatic carbocycles. The monoisotopic (exact) mass is 301 g/mol. The molecule has 0 heterocycles. The van der Waals surface area contributed by atoms with Crippen LogP contribution in [0.2, 0.25) is 0 Å². The third-order valence-corrected chi connectivity index (χ3v) is 2.63. The van der Waals surface area contributed by atoms with Crippen LogP contribution < -0.4 is 9.47 Å². The Hall–Kier alpha value is -2.74. The van der Waals surface area contributed by atoms with Gasteiger partial charge in [0.15, 0.2) is 11.5 Å². The zero-order valence-corrected chi connectivity index (χ0v) is 12.8. The number of ether oxygens (including phenoxy) is 3. The highest BCUT2D eigenvalue weighted by molar-refractivity contribution is 5.98. The lowest BCUT2D eigenvalue weighted by Gasteiger charge is -2.10. The summed E-state index contributed by atoms with van der Waals surface area (Å²) in [6.07, 6.45) is 3.77. The Morgan fingerprint density at radius 3 is 2.77 bits per heavy atom. The van der Waals surface area contributed by atoms with Crippen LogP contribution in [0.5, 0.6) is 11.5 Å². The quantitative estimate of drug-likeness (QED) is 0.319. The molecule has 0 radical (unpaired) electrons. The van der Waals surface area contributed by atoms with Crippen molar-refractivity contribution in [3.05, 3.63) is 42.0 Å². The van der Waals surface area contributed by atoms with Gasteiger partial charge in [-0.25, -0.2) is 4.79 Å². The van der Waals surface area contributed by atoms with E-state index < -0.39 is 5.97 Å². The van der Waals surface area contributed by atoms with E-state index in [1.807, 2.05) is 13.0 Å². The van der Waals surface area contributed by atoms with Crippen LogP contribution in [0.15, 0.2) is 36.4 Å². The predicted molar refractivity (Wildman–Crippen MR) is 83.5 cm³/mol. The Balaban J connectivity index is 3.00. The van der Waals surface area contributed by atoms with Crippen molar-refractivity contribution in [3.63, 3.8) is 0 Å². The fourth-order valence-electron chi connectivity index (χ4n) is 1.62. The molecule has 0 fully saturated rings. The summed E-state index contributed by atoms with van der Waals surface area (Å²) in [4.78, 5) is 11.7. The molecule has 22 heavy (non-hydrogen) atoms. The number of benzene rings is 1. The Labute approximate surface area is 130 Å². The van der Waals surface area contributed by atoms with Gasteiger partial charge in [-0.15, -0.1) is 0 Å². The van der Waals surface area contributed by atoms with Crippen molar-refractivity contribution in [1.82, 2.24) is 0 Å². The van der Waals surface area contributed by atoms with Gasteiger partial charge in [0, 0.05) is 0 Å². The highest BCUT2D eigenvalue weighted by atomic mass is 16.5. The lowest BCUT2D eigenvalue weighted by Crippen LogP contribution is -2.06. The summed E-state index contributed by atoms with van der Waals surface area (Å²) in [5.74, 6) is 0.473. The number of esters is 1. The molecule has 1 aromatic carbocycles. The summed E-state index contributed by atoms with van der Waals surface area (Å²) < 4.78 is 15.7. The molecule has 0 aromatic heterocycles. The number of hydrogen-bond acceptors (Lipinski definition) is 5. The topological polar surface area (TPSA) is 68.6 Å². The molecular weight excluding hydrogens is 282 g/mol. The first kappa shape index (κ1) is 17.3. The lowest BCUT2D eigenvalue weighted by molar-refractivity contribution is -0.137. The smallest absolute Gasteiger partial charge is 0.349 e. The molecule has 5 nitrogen and oxygen atoms in total. The maximum Gasteiger partial charge on any atom is 0.349 e. The highest BCUT2D eigenvalue weighted by Crippen LogP contribution is 2.29. The van der Waals surface area contributed by atoms with Crippen molar-refractivity contribution in [2.45, 2.75) is 13.3 Å². The molecule has 0 aliphatic rings. The van der Waals surface area contributed by atoms with Crippen LogP contribution in [0.3, 0.4) is 0 Å². The van der Waals surface area contributed by atoms with Crippen LogP contribution in [0, 0.1) is 11.3 Å². The number of carbonyl (C=O) groups excluding carboxylic acids is 1. The number of methoxy groups -OCH3 is 1. The Kier molecular flexibility index (Phi) is 7.27. The summed E-state index contributed by atoms with van der Waals surface area (Å²) >= 11 is 0. The summed E-state index contributed by atoms with van der Waals surface area (Å²) in [6, 6.07) is 7.01. The van der Waals surface area contributed by atoms with Crippen molar-refractivity contribution in [2.24, 2.45) is 0 Å². The minimum absolute atomic E-state index is 0.0605. The van der Waals surface area contributed by atoms with E-state index >= 15 is 0 Å². The molecule has 1 aromatic rings. The Bertz CT molecular complexity index is 599. The van der Waals surface area contributed by atoms with Crippen LogP contribution in [-0.2, 0) is 9.53 Å². The molecule has 0 saturated carbocycles. The van der Waals surface area contributed by atoms with Gasteiger partial charge in [0.25, 0.3) is 0 Å². The van der Waals surface area contributed by atoms with Crippen molar-refractivity contribution in [2.75, 3.05) is 20.3 Å². The van der Waals surface area contributed by atoms with Crippen LogP contribution in [-0.4, -0.2) is 26.3 Å². The van der Waals surface area contributed by atoms with E-state index in [9.17, 15) is 4.79 Å². The third-order valence-electron chi connectivity index (χ3n) is 2.63. The molecule has 0 atom stereocenters. The minimum Gasteiger partial charge on any atom is -0.493 e. The van der Waals surface area contributed by atoms with E-state index in [-0.39, 0.29) is 12.2 Å². The highest BCUT2D eigenvalue weighted by Gasteiger charge is 2.11. The van der Waals surface area contributed by atoms with E-state index in [1.54, 1.807) is 18.2 Å². The lowest BCUT2D eigenvalue weighted by atomic mass is 10.1. The molecular formula is C17H19NO4. The van der Waals surface area contributed by atoms with Gasteiger partial charge in [0.2, 0.25) is 0 Å². The van der Waals surface area contributed by atoms with E-state index in [2.05, 4.69) is 6.58 Å². The van der Waals surface area contributed by atoms with Crippen molar-refractivity contribution >= 4 is 12.0 Å². The maximum atomic E-state index is 11.7. The molecule has 116 valence electrons. The molecule has 5 heteroatoms. The zero-order valence-electron chi connectivity index (χ0n) is 12.8. The molecule has 1 rings (SSSR count). The second-order valence-electron chi connectivity index (χ2n) is 4.32. The average molecular weight is 301 g/mol. The Morgan fingerprint density at radius 2 is 2.18 bits per heavy atom. The number of hydrogen-bond donors (Lipinski definition) is 0. The summed E-state index contributed by atoms with van der Waals surface area (Å²) in [5, 5.41) is 9.05. The molecule has 0 saturated heterocycles. The van der Waals surface area contributed by atoms with Crippen LogP contribution >= 0.6 is 0 Å². The molecule has 0 bridgehead atoms. The second-order valence-corrected chi connectivity index (χ2v) is 4.32. The van der Waals surface area contributed by atoms with Gasteiger partial charge in [0.1, 0.15) is 18.2 Å². The predicted octanol–water partition coefficient (Wildman–Crippen LogP) is 3.12. The largest absolute Gasteiger partial charge is 0.493 e. The number of nitriles is 1. The molecule has 0 N–H and O–H groups in total. The van der Waals surface area contributed by atoms with E-state index in [1.165, 1.54) is 19.3 Å². The van der Waals surface area contributed by atoms with Gasteiger partial charge in [-0.3, -0.25) is 0 Å². The van der Waals surface area contributed by atoms with Gasteiger partial charge < -0.3 is 14.2 Å². The maximum absolute atomic E-state index is 11.7. The number of carbonyl (C=O) groups is 1. The Morgan fingerprint density at radius 1 is 1.41 bits per heavy atom. The normalized spacial score (nSPS) is 10.5. The van der Waals surface area contributed by atoms with Crippen molar-refractivity contribution in [1.29, 1.82) is 5.26 Å². The minimum atomic E-state index is -0.687. The van der Waals surface area contributed by atoms with Gasteiger partial charge in [0.05, 0.1) is 13.7 Å². The fourth-order valence-corrected chi connectivity index (χ4v) is 1.62. The first-order chi connectivity index (χ1) is 10.7. The van der Waals surface area contributed by atoms with Crippen LogP contribution in [0.25, 0.3) is 6.08 Å². The van der Waals surface area contributed by atoms with Gasteiger partial charge in [-0.1, -0.05) is 25.6 Å². The molecule has 0 aliphatic heterocycles. The third kappa shape index (κ3) is 4.98. The van der Waals surface area contributed by atoms with Crippen LogP contribution in [0.4, 0.5) is 0 Å². The first-order valence-corrected chi connectivity index (χ1v) is 6.86. The molecule has 0 spiro atoms. The zero-order chi connectivity index (χ0) is 16.4. The van der Waals surface area contributed by atoms with E-state index in [4.69, 9.17) is 19.5 Å². The van der Waals surface area contributed by atoms with E-state index in [0.29, 0.717) is 23.7 Å². The van der Waals surface area contributed by atoms with Crippen molar-refractivity contribution in [3.8, 4) is 17.6 Å². The SMILES string of the molecule is C=CCOC(=O)/C(C#N)=C\c1ccc(OCCC)c(OC)c1. The summed E-state index contributed by atoms with van der Waals surface area (Å²) in [7, 11) is 1.53. The first-order valence-electron chi connectivity index (χ1n) is 6.86. The second kappa shape index (κ2) is 9.24. The van der Waals surface area contributed by atoms with Gasteiger partial charge >= 0.3 is 5.97 Å².